The molecule has 4 nitrogen and oxygen atoms in total. The first-order chi connectivity index (χ1) is 12.8. The van der Waals surface area contributed by atoms with Gasteiger partial charge in [0.1, 0.15) is 11.4 Å². The summed E-state index contributed by atoms with van der Waals surface area (Å²) >= 11 is 0. The van der Waals surface area contributed by atoms with Crippen LogP contribution in [-0.2, 0) is 4.79 Å². The highest BCUT2D eigenvalue weighted by Crippen LogP contribution is 2.57. The predicted octanol–water partition coefficient (Wildman–Crippen LogP) is 3.94. The Kier molecular flexibility index (Phi) is 3.54. The van der Waals surface area contributed by atoms with E-state index in [9.17, 15) is 14.0 Å². The van der Waals surface area contributed by atoms with E-state index in [1.54, 1.807) is 23.0 Å². The van der Waals surface area contributed by atoms with Crippen LogP contribution in [0.15, 0.2) is 18.2 Å². The van der Waals surface area contributed by atoms with Gasteiger partial charge in [-0.25, -0.2) is 14.4 Å². The van der Waals surface area contributed by atoms with Gasteiger partial charge < -0.3 is 0 Å². The van der Waals surface area contributed by atoms with Crippen molar-refractivity contribution in [3.05, 3.63) is 35.1 Å². The second kappa shape index (κ2) is 5.55. The quantitative estimate of drug-likeness (QED) is 0.791. The number of amides is 2. The highest BCUT2D eigenvalue weighted by Gasteiger charge is 2.62. The Morgan fingerprint density at radius 2 is 1.67 bits per heavy atom. The van der Waals surface area contributed by atoms with E-state index in [0.717, 1.165) is 11.8 Å². The van der Waals surface area contributed by atoms with Crippen LogP contribution in [0.25, 0.3) is 0 Å². The zero-order valence-electron chi connectivity index (χ0n) is 16.2. The Morgan fingerprint density at radius 3 is 2.22 bits per heavy atom. The number of hydrogen-bond acceptors (Lipinski definition) is 2. The van der Waals surface area contributed by atoms with Gasteiger partial charge in [-0.1, -0.05) is 0 Å². The number of hydrogen-bond donors (Lipinski definition) is 0. The normalized spacial score (nSPS) is 36.1. The molecule has 0 unspecified atom stereocenters. The van der Waals surface area contributed by atoms with E-state index < -0.39 is 5.54 Å². The van der Waals surface area contributed by atoms with Crippen molar-refractivity contribution in [2.45, 2.75) is 64.5 Å². The molecule has 0 radical (unpaired) electrons. The number of nitrogens with zero attached hydrogens (tertiary/aromatic N) is 2. The van der Waals surface area contributed by atoms with Crippen molar-refractivity contribution < 1.29 is 14.0 Å². The molecule has 27 heavy (non-hydrogen) atoms. The Labute approximate surface area is 159 Å². The van der Waals surface area contributed by atoms with Crippen molar-refractivity contribution in [1.29, 1.82) is 0 Å². The fourth-order valence-corrected chi connectivity index (χ4v) is 6.58. The van der Waals surface area contributed by atoms with Crippen LogP contribution in [0, 0.1) is 36.4 Å². The van der Waals surface area contributed by atoms with E-state index >= 15 is 0 Å². The molecule has 0 spiro atoms. The first kappa shape index (κ1) is 17.2. The Bertz CT molecular complexity index is 806. The average molecular weight is 370 g/mol. The summed E-state index contributed by atoms with van der Waals surface area (Å²) in [6.45, 7) is 5.38. The number of hydrazine groups is 1. The zero-order chi connectivity index (χ0) is 19.1. The molecule has 5 fully saturated rings. The summed E-state index contributed by atoms with van der Waals surface area (Å²) < 4.78 is 13.5. The van der Waals surface area contributed by atoms with Crippen LogP contribution in [0.1, 0.15) is 61.9 Å². The number of rotatable bonds is 2. The summed E-state index contributed by atoms with van der Waals surface area (Å²) in [6, 6.07) is 4.40. The second-order valence-corrected chi connectivity index (χ2v) is 9.71. The molecule has 6 rings (SSSR count). The number of aryl methyl sites for hydroxylation is 1. The molecule has 1 aromatic rings. The van der Waals surface area contributed by atoms with Crippen molar-refractivity contribution in [3.63, 3.8) is 0 Å². The van der Waals surface area contributed by atoms with Gasteiger partial charge in [0.25, 0.3) is 11.8 Å². The lowest BCUT2D eigenvalue weighted by atomic mass is 9.53. The molecule has 1 saturated heterocycles. The van der Waals surface area contributed by atoms with Gasteiger partial charge in [0.05, 0.1) is 6.04 Å². The summed E-state index contributed by atoms with van der Waals surface area (Å²) in [7, 11) is 0. The highest BCUT2D eigenvalue weighted by atomic mass is 19.1. The maximum Gasteiger partial charge on any atom is 0.273 e. The van der Waals surface area contributed by atoms with Gasteiger partial charge in [-0.05, 0) is 100 Å². The third-order valence-corrected chi connectivity index (χ3v) is 7.55. The lowest BCUT2D eigenvalue weighted by molar-refractivity contribution is -0.230. The van der Waals surface area contributed by atoms with Crippen molar-refractivity contribution in [1.82, 2.24) is 10.0 Å². The Balaban J connectivity index is 1.49. The van der Waals surface area contributed by atoms with Crippen molar-refractivity contribution in [2.24, 2.45) is 23.7 Å². The minimum Gasteiger partial charge on any atom is -0.270 e. The third-order valence-electron chi connectivity index (χ3n) is 7.55. The van der Waals surface area contributed by atoms with Crippen LogP contribution in [-0.4, -0.2) is 33.4 Å². The molecule has 144 valence electrons. The van der Waals surface area contributed by atoms with Crippen LogP contribution >= 0.6 is 0 Å². The number of halogens is 1. The predicted molar refractivity (Wildman–Crippen MR) is 99.1 cm³/mol. The maximum absolute atomic E-state index is 13.5. The van der Waals surface area contributed by atoms with Gasteiger partial charge in [0, 0.05) is 5.56 Å². The van der Waals surface area contributed by atoms with Gasteiger partial charge in [-0.2, -0.15) is 0 Å². The molecular formula is C22H27FN2O2. The molecule has 5 heteroatoms. The van der Waals surface area contributed by atoms with Crippen molar-refractivity contribution in [3.8, 4) is 0 Å². The molecular weight excluding hydrogens is 343 g/mol. The van der Waals surface area contributed by atoms with E-state index in [4.69, 9.17) is 0 Å². The minimum atomic E-state index is -0.841. The van der Waals surface area contributed by atoms with Crippen LogP contribution in [0.4, 0.5) is 4.39 Å². The highest BCUT2D eigenvalue weighted by molar-refractivity contribution is 6.05. The molecule has 0 atom stereocenters. The van der Waals surface area contributed by atoms with Gasteiger partial charge in [0.15, 0.2) is 0 Å². The topological polar surface area (TPSA) is 40.6 Å². The monoisotopic (exact) mass is 370 g/mol. The number of carbonyl (C=O) groups excluding carboxylic acids is 2. The summed E-state index contributed by atoms with van der Waals surface area (Å²) in [5.41, 5.74) is 0.248. The maximum atomic E-state index is 13.5. The first-order valence-corrected chi connectivity index (χ1v) is 10.2. The first-order valence-electron chi connectivity index (χ1n) is 10.2. The van der Waals surface area contributed by atoms with Crippen molar-refractivity contribution >= 4 is 11.8 Å². The fraction of sp³-hybridized carbons (Fsp3) is 0.636. The molecule has 1 aliphatic heterocycles. The molecule has 4 saturated carbocycles. The van der Waals surface area contributed by atoms with E-state index in [2.05, 4.69) is 0 Å². The SMILES string of the molecule is Cc1cc(F)ccc1C(=O)N1N(C2C3CC4CC(C3)CC2C4)C(=O)C1(C)C. The summed E-state index contributed by atoms with van der Waals surface area (Å²) in [6.07, 6.45) is 6.13. The largest absolute Gasteiger partial charge is 0.273 e. The molecule has 1 aromatic carbocycles. The summed E-state index contributed by atoms with van der Waals surface area (Å²) in [4.78, 5) is 26.4. The van der Waals surface area contributed by atoms with Crippen LogP contribution in [0.2, 0.25) is 0 Å². The number of carbonyl (C=O) groups is 2. The van der Waals surface area contributed by atoms with Gasteiger partial charge >= 0.3 is 0 Å². The number of benzene rings is 1. The molecule has 0 aromatic heterocycles. The van der Waals surface area contributed by atoms with Crippen LogP contribution in [0.3, 0.4) is 0 Å². The lowest BCUT2D eigenvalue weighted by Gasteiger charge is -2.65. The molecule has 2 amide bonds. The van der Waals surface area contributed by atoms with E-state index in [1.165, 1.54) is 44.2 Å². The smallest absolute Gasteiger partial charge is 0.270 e. The van der Waals surface area contributed by atoms with E-state index in [0.29, 0.717) is 23.0 Å². The molecule has 1 heterocycles. The van der Waals surface area contributed by atoms with Gasteiger partial charge in [-0.15, -0.1) is 0 Å². The zero-order valence-corrected chi connectivity index (χ0v) is 16.2. The molecule has 0 N–H and O–H groups in total. The Morgan fingerprint density at radius 1 is 1.07 bits per heavy atom. The van der Waals surface area contributed by atoms with Gasteiger partial charge in [0.2, 0.25) is 0 Å². The summed E-state index contributed by atoms with van der Waals surface area (Å²) in [5, 5.41) is 3.46. The van der Waals surface area contributed by atoms with Crippen molar-refractivity contribution in [2.75, 3.05) is 0 Å². The van der Waals surface area contributed by atoms with E-state index in [1.807, 2.05) is 13.8 Å². The standard InChI is InChI=1S/C22H27FN2O2/c1-12-6-17(23)4-5-18(12)20(26)25-22(2,3)21(27)24(25)19-15-8-13-7-14(10-15)11-16(19)9-13/h4-6,13-16,19H,7-11H2,1-3H3. The fourth-order valence-electron chi connectivity index (χ4n) is 6.58. The minimum absolute atomic E-state index is 0.0492. The van der Waals surface area contributed by atoms with Gasteiger partial charge in [-0.3, -0.25) is 9.59 Å². The van der Waals surface area contributed by atoms with E-state index in [-0.39, 0.29) is 23.7 Å². The van der Waals surface area contributed by atoms with Crippen LogP contribution < -0.4 is 0 Å². The third kappa shape index (κ3) is 2.33. The lowest BCUT2D eigenvalue weighted by Crippen LogP contribution is -2.80. The molecule has 4 bridgehead atoms. The van der Waals surface area contributed by atoms with Crippen LogP contribution in [0.5, 0.6) is 0 Å². The summed E-state index contributed by atoms with van der Waals surface area (Å²) in [5.74, 6) is 2.19. The Hall–Kier alpha value is -1.91. The second-order valence-electron chi connectivity index (χ2n) is 9.71. The molecule has 5 aliphatic rings. The molecule has 4 aliphatic carbocycles. The average Bonchev–Trinajstić information content (AvgIpc) is 2.59.